The molecule has 1 atom stereocenters. The second kappa shape index (κ2) is 15.6. The predicted octanol–water partition coefficient (Wildman–Crippen LogP) is 8.19. The van der Waals surface area contributed by atoms with Crippen molar-refractivity contribution in [2.45, 2.75) is 24.0 Å². The summed E-state index contributed by atoms with van der Waals surface area (Å²) in [6, 6.07) is 38.7. The monoisotopic (exact) mass is 641 g/mol. The molecule has 0 saturated heterocycles. The minimum absolute atomic E-state index is 0.0557. The fourth-order valence-electron chi connectivity index (χ4n) is 4.98. The van der Waals surface area contributed by atoms with Gasteiger partial charge in [0, 0.05) is 21.8 Å². The highest BCUT2D eigenvalue weighted by molar-refractivity contribution is 8.00. The van der Waals surface area contributed by atoms with Crippen molar-refractivity contribution in [3.8, 4) is 5.75 Å². The summed E-state index contributed by atoms with van der Waals surface area (Å²) in [5.41, 5.74) is 5.37. The lowest BCUT2D eigenvalue weighted by atomic mass is 10.1. The summed E-state index contributed by atoms with van der Waals surface area (Å²) in [5.74, 6) is -0.467. The number of amides is 3. The van der Waals surface area contributed by atoms with Gasteiger partial charge in [-0.3, -0.25) is 14.4 Å². The Labute approximate surface area is 279 Å². The highest BCUT2D eigenvalue weighted by Crippen LogP contribution is 2.37. The van der Waals surface area contributed by atoms with E-state index in [4.69, 9.17) is 4.74 Å². The summed E-state index contributed by atoms with van der Waals surface area (Å²) in [6.07, 6.45) is 1.60. The highest BCUT2D eigenvalue weighted by atomic mass is 32.2. The number of anilines is 2. The van der Waals surface area contributed by atoms with Crippen LogP contribution >= 0.6 is 11.8 Å². The Kier molecular flexibility index (Phi) is 10.9. The molecule has 0 aliphatic rings. The summed E-state index contributed by atoms with van der Waals surface area (Å²) < 4.78 is 5.33. The van der Waals surface area contributed by atoms with Crippen LogP contribution in [0.2, 0.25) is 0 Å². The maximum Gasteiger partial charge on any atom is 0.272 e. The molecule has 236 valence electrons. The summed E-state index contributed by atoms with van der Waals surface area (Å²) in [7, 11) is 1.56. The van der Waals surface area contributed by atoms with E-state index >= 15 is 0 Å². The Morgan fingerprint density at radius 2 is 1.38 bits per heavy atom. The number of carbonyl (C=O) groups is 3. The van der Waals surface area contributed by atoms with Crippen LogP contribution in [0.5, 0.6) is 5.75 Å². The van der Waals surface area contributed by atoms with Gasteiger partial charge >= 0.3 is 0 Å². The first-order valence-corrected chi connectivity index (χ1v) is 15.9. The first-order chi connectivity index (χ1) is 22.8. The van der Waals surface area contributed by atoms with Crippen molar-refractivity contribution < 1.29 is 19.1 Å². The third-order valence-electron chi connectivity index (χ3n) is 7.11. The summed E-state index contributed by atoms with van der Waals surface area (Å²) in [6.45, 7) is 3.99. The van der Waals surface area contributed by atoms with Gasteiger partial charge in [-0.1, -0.05) is 72.8 Å². The van der Waals surface area contributed by atoms with Gasteiger partial charge in [-0.25, -0.2) is 0 Å². The Hall–Kier alpha value is -5.60. The van der Waals surface area contributed by atoms with Crippen molar-refractivity contribution in [2.75, 3.05) is 17.7 Å². The van der Waals surface area contributed by atoms with E-state index in [1.165, 1.54) is 11.8 Å². The van der Waals surface area contributed by atoms with Crippen LogP contribution in [0.25, 0.3) is 6.08 Å². The van der Waals surface area contributed by atoms with Gasteiger partial charge in [0.05, 0.1) is 7.11 Å². The molecule has 3 amide bonds. The van der Waals surface area contributed by atoms with Crippen molar-refractivity contribution in [1.82, 2.24) is 5.32 Å². The van der Waals surface area contributed by atoms with Crippen molar-refractivity contribution in [2.24, 2.45) is 0 Å². The second-order valence-corrected chi connectivity index (χ2v) is 12.1. The molecule has 47 heavy (non-hydrogen) atoms. The molecule has 0 aromatic heterocycles. The van der Waals surface area contributed by atoms with Crippen molar-refractivity contribution in [3.63, 3.8) is 0 Å². The molecular weight excluding hydrogens is 607 g/mol. The van der Waals surface area contributed by atoms with E-state index in [1.807, 2.05) is 86.6 Å². The number of ether oxygens (including phenoxy) is 1. The van der Waals surface area contributed by atoms with Crippen molar-refractivity contribution >= 4 is 46.9 Å². The van der Waals surface area contributed by atoms with Crippen LogP contribution in [0.15, 0.2) is 138 Å². The molecule has 0 aliphatic heterocycles. The minimum atomic E-state index is -0.559. The number of thioether (sulfide) groups is 1. The molecule has 3 N–H and O–H groups in total. The number of rotatable bonds is 11. The first-order valence-electron chi connectivity index (χ1n) is 15.0. The van der Waals surface area contributed by atoms with Gasteiger partial charge < -0.3 is 20.7 Å². The first kappa shape index (κ1) is 32.8. The van der Waals surface area contributed by atoms with Gasteiger partial charge in [0.1, 0.15) is 16.7 Å². The molecule has 5 rings (SSSR count). The van der Waals surface area contributed by atoms with Gasteiger partial charge in [0.2, 0.25) is 5.91 Å². The number of aryl methyl sites for hydroxylation is 2. The Morgan fingerprint density at radius 3 is 2.09 bits per heavy atom. The molecule has 0 saturated carbocycles. The highest BCUT2D eigenvalue weighted by Gasteiger charge is 2.23. The lowest BCUT2D eigenvalue weighted by Crippen LogP contribution is -2.30. The van der Waals surface area contributed by atoms with Gasteiger partial charge in [-0.15, -0.1) is 11.8 Å². The van der Waals surface area contributed by atoms with Crippen LogP contribution in [-0.2, 0) is 9.59 Å². The molecule has 0 spiro atoms. The number of hydrogen-bond donors (Lipinski definition) is 3. The zero-order valence-electron chi connectivity index (χ0n) is 26.3. The van der Waals surface area contributed by atoms with Crippen LogP contribution in [0.3, 0.4) is 0 Å². The normalized spacial score (nSPS) is 11.7. The maximum atomic E-state index is 13.7. The zero-order valence-corrected chi connectivity index (χ0v) is 27.1. The quantitative estimate of drug-likeness (QED) is 0.0998. The van der Waals surface area contributed by atoms with Crippen LogP contribution < -0.4 is 20.7 Å². The van der Waals surface area contributed by atoms with Crippen LogP contribution in [0.1, 0.15) is 37.9 Å². The van der Waals surface area contributed by atoms with Gasteiger partial charge in [-0.05, 0) is 96.8 Å². The second-order valence-electron chi connectivity index (χ2n) is 10.9. The molecule has 8 heteroatoms. The summed E-state index contributed by atoms with van der Waals surface area (Å²) in [4.78, 5) is 41.2. The molecule has 0 aliphatic carbocycles. The number of hydrogen-bond acceptors (Lipinski definition) is 5. The average molecular weight is 642 g/mol. The predicted molar refractivity (Wildman–Crippen MR) is 190 cm³/mol. The topological polar surface area (TPSA) is 96.5 Å². The Morgan fingerprint density at radius 1 is 0.702 bits per heavy atom. The molecule has 0 radical (unpaired) electrons. The number of benzene rings is 5. The molecule has 1 unspecified atom stereocenters. The standard InChI is InChI=1S/C39H35N3O4S/c1-26-20-27(2)22-32(21-26)41-39(45)36(29-13-6-4-7-14-29)47-34-19-11-17-31(25-34)40-38(44)35(24-28-12-10-18-33(23-28)46-3)42-37(43)30-15-8-5-9-16-30/h4-25,36H,1-3H3,(H,40,44)(H,41,45)(H,42,43)/b35-24-. The van der Waals surface area contributed by atoms with Crippen LogP contribution in [0, 0.1) is 13.8 Å². The molecule has 0 heterocycles. The number of carbonyl (C=O) groups excluding carboxylic acids is 3. The van der Waals surface area contributed by atoms with E-state index in [2.05, 4.69) is 22.0 Å². The minimum Gasteiger partial charge on any atom is -0.497 e. The number of nitrogens with one attached hydrogen (secondary N) is 3. The van der Waals surface area contributed by atoms with Crippen LogP contribution in [-0.4, -0.2) is 24.8 Å². The molecule has 0 fully saturated rings. The molecular formula is C39H35N3O4S. The van der Waals surface area contributed by atoms with Gasteiger partial charge in [0.25, 0.3) is 11.8 Å². The van der Waals surface area contributed by atoms with Crippen molar-refractivity contribution in [3.05, 3.63) is 161 Å². The van der Waals surface area contributed by atoms with E-state index in [1.54, 1.807) is 61.7 Å². The van der Waals surface area contributed by atoms with Crippen LogP contribution in [0.4, 0.5) is 11.4 Å². The SMILES string of the molecule is COc1cccc(/C=C(\NC(=O)c2ccccc2)C(=O)Nc2cccc(SC(C(=O)Nc3cc(C)cc(C)c3)c3ccccc3)c2)c1. The van der Waals surface area contributed by atoms with E-state index in [0.717, 1.165) is 27.3 Å². The molecule has 5 aromatic carbocycles. The fraction of sp³-hybridized carbons (Fsp3) is 0.103. The molecule has 7 nitrogen and oxygen atoms in total. The largest absolute Gasteiger partial charge is 0.497 e. The van der Waals surface area contributed by atoms with Gasteiger partial charge in [0.15, 0.2) is 0 Å². The Bertz CT molecular complexity index is 1890. The van der Waals surface area contributed by atoms with E-state index in [0.29, 0.717) is 22.6 Å². The summed E-state index contributed by atoms with van der Waals surface area (Å²) >= 11 is 1.38. The maximum absolute atomic E-state index is 13.7. The van der Waals surface area contributed by atoms with E-state index in [9.17, 15) is 14.4 Å². The third kappa shape index (κ3) is 9.22. The average Bonchev–Trinajstić information content (AvgIpc) is 3.07. The smallest absolute Gasteiger partial charge is 0.272 e. The zero-order chi connectivity index (χ0) is 33.2. The lowest BCUT2D eigenvalue weighted by Gasteiger charge is -2.18. The lowest BCUT2D eigenvalue weighted by molar-refractivity contribution is -0.116. The number of methoxy groups -OCH3 is 1. The van der Waals surface area contributed by atoms with Gasteiger partial charge in [-0.2, -0.15) is 0 Å². The fourth-order valence-corrected chi connectivity index (χ4v) is 6.06. The molecule has 0 bridgehead atoms. The molecule has 5 aromatic rings. The Balaban J connectivity index is 1.39. The van der Waals surface area contributed by atoms with E-state index in [-0.39, 0.29) is 11.6 Å². The third-order valence-corrected chi connectivity index (χ3v) is 8.36. The van der Waals surface area contributed by atoms with Crippen molar-refractivity contribution in [1.29, 1.82) is 0 Å². The van der Waals surface area contributed by atoms with E-state index < -0.39 is 17.1 Å². The summed E-state index contributed by atoms with van der Waals surface area (Å²) in [5, 5.41) is 8.20.